The van der Waals surface area contributed by atoms with E-state index in [1.54, 1.807) is 14.2 Å². The molecular weight excluding hydrogens is 364 g/mol. The minimum absolute atomic E-state index is 0.0102. The molecule has 1 aliphatic rings. The molecule has 2 heterocycles. The van der Waals surface area contributed by atoms with Crippen LogP contribution in [-0.2, 0) is 6.42 Å². The Morgan fingerprint density at radius 3 is 2.52 bits per heavy atom. The summed E-state index contributed by atoms with van der Waals surface area (Å²) < 4.78 is 10.6. The first-order chi connectivity index (χ1) is 13.1. The first-order valence-corrected chi connectivity index (χ1v) is 9.94. The van der Waals surface area contributed by atoms with Crippen molar-refractivity contribution in [2.75, 3.05) is 39.2 Å². The van der Waals surface area contributed by atoms with Gasteiger partial charge in [-0.3, -0.25) is 4.79 Å². The van der Waals surface area contributed by atoms with Gasteiger partial charge in [0, 0.05) is 54.8 Å². The van der Waals surface area contributed by atoms with E-state index in [4.69, 9.17) is 15.2 Å². The van der Waals surface area contributed by atoms with Gasteiger partial charge in [0.1, 0.15) is 17.2 Å². The fraction of sp³-hybridized carbons (Fsp3) is 0.474. The van der Waals surface area contributed by atoms with E-state index in [9.17, 15) is 4.79 Å². The summed E-state index contributed by atoms with van der Waals surface area (Å²) in [5.74, 6) is 1.51. The Labute approximate surface area is 163 Å². The molecule has 1 aromatic carbocycles. The third-order valence-corrected chi connectivity index (χ3v) is 5.54. The Kier molecular flexibility index (Phi) is 6.52. The maximum atomic E-state index is 12.6. The molecule has 2 aromatic rings. The number of amides is 1. The molecule has 1 fully saturated rings. The zero-order valence-corrected chi connectivity index (χ0v) is 16.6. The number of nitrogens with zero attached hydrogens (tertiary/aromatic N) is 2. The molecule has 0 bridgehead atoms. The number of hydrogen-bond donors (Lipinski definition) is 2. The lowest BCUT2D eigenvalue weighted by molar-refractivity contribution is 0.0713. The van der Waals surface area contributed by atoms with Gasteiger partial charge in [-0.1, -0.05) is 0 Å². The van der Waals surface area contributed by atoms with Crippen molar-refractivity contribution in [2.45, 2.75) is 25.3 Å². The molecule has 0 radical (unpaired) electrons. The highest BCUT2D eigenvalue weighted by Crippen LogP contribution is 2.27. The largest absolute Gasteiger partial charge is 0.497 e. The van der Waals surface area contributed by atoms with Crippen molar-refractivity contribution in [3.8, 4) is 11.5 Å². The van der Waals surface area contributed by atoms with Crippen LogP contribution in [0.4, 0.5) is 5.69 Å². The molecule has 146 valence electrons. The van der Waals surface area contributed by atoms with E-state index in [0.29, 0.717) is 37.8 Å². The van der Waals surface area contributed by atoms with Gasteiger partial charge < -0.3 is 25.4 Å². The number of thiazole rings is 1. The summed E-state index contributed by atoms with van der Waals surface area (Å²) >= 11 is 1.50. The Morgan fingerprint density at radius 1 is 1.26 bits per heavy atom. The Hall–Kier alpha value is -2.32. The summed E-state index contributed by atoms with van der Waals surface area (Å²) in [6.45, 7) is 1.97. The zero-order chi connectivity index (χ0) is 19.2. The fourth-order valence-corrected chi connectivity index (χ4v) is 3.95. The SMILES string of the molecule is COc1cc(NC2CCN(C(=O)c3csc(CCN)n3)CC2)cc(OC)c1. The van der Waals surface area contributed by atoms with E-state index in [0.717, 1.165) is 35.0 Å². The monoisotopic (exact) mass is 390 g/mol. The van der Waals surface area contributed by atoms with Crippen molar-refractivity contribution in [2.24, 2.45) is 5.73 Å². The van der Waals surface area contributed by atoms with E-state index >= 15 is 0 Å². The average molecular weight is 391 g/mol. The van der Waals surface area contributed by atoms with Gasteiger partial charge in [0.25, 0.3) is 5.91 Å². The second kappa shape index (κ2) is 9.05. The number of carbonyl (C=O) groups excluding carboxylic acids is 1. The highest BCUT2D eigenvalue weighted by Gasteiger charge is 2.25. The number of nitrogens with one attached hydrogen (secondary N) is 1. The zero-order valence-electron chi connectivity index (χ0n) is 15.7. The predicted octanol–water partition coefficient (Wildman–Crippen LogP) is 2.38. The van der Waals surface area contributed by atoms with Gasteiger partial charge in [-0.05, 0) is 19.4 Å². The van der Waals surface area contributed by atoms with Crippen molar-refractivity contribution in [1.82, 2.24) is 9.88 Å². The van der Waals surface area contributed by atoms with Crippen LogP contribution >= 0.6 is 11.3 Å². The van der Waals surface area contributed by atoms with Crippen LogP contribution in [0.3, 0.4) is 0 Å². The van der Waals surface area contributed by atoms with E-state index in [1.165, 1.54) is 11.3 Å². The fourth-order valence-electron chi connectivity index (χ4n) is 3.16. The van der Waals surface area contributed by atoms with Gasteiger partial charge in [0.2, 0.25) is 0 Å². The number of benzene rings is 1. The Morgan fingerprint density at radius 2 is 1.93 bits per heavy atom. The second-order valence-corrected chi connectivity index (χ2v) is 7.42. The third kappa shape index (κ3) is 4.90. The molecule has 1 amide bonds. The maximum absolute atomic E-state index is 12.6. The van der Waals surface area contributed by atoms with Gasteiger partial charge in [-0.15, -0.1) is 11.3 Å². The van der Waals surface area contributed by atoms with Gasteiger partial charge in [-0.25, -0.2) is 4.98 Å². The van der Waals surface area contributed by atoms with Gasteiger partial charge in [0.05, 0.1) is 19.2 Å². The molecule has 8 heteroatoms. The topological polar surface area (TPSA) is 89.7 Å². The maximum Gasteiger partial charge on any atom is 0.273 e. The molecule has 27 heavy (non-hydrogen) atoms. The van der Waals surface area contributed by atoms with Crippen molar-refractivity contribution < 1.29 is 14.3 Å². The van der Waals surface area contributed by atoms with Crippen LogP contribution in [0.15, 0.2) is 23.6 Å². The summed E-state index contributed by atoms with van der Waals surface area (Å²) in [5, 5.41) is 6.28. The van der Waals surface area contributed by atoms with Gasteiger partial charge in [-0.2, -0.15) is 0 Å². The second-order valence-electron chi connectivity index (χ2n) is 6.48. The number of piperidine rings is 1. The number of rotatable bonds is 7. The van der Waals surface area contributed by atoms with Gasteiger partial charge in [0.15, 0.2) is 0 Å². The number of aromatic nitrogens is 1. The predicted molar refractivity (Wildman–Crippen MR) is 107 cm³/mol. The normalized spacial score (nSPS) is 14.9. The molecule has 3 rings (SSSR count). The molecule has 0 unspecified atom stereocenters. The summed E-state index contributed by atoms with van der Waals surface area (Å²) in [6, 6.07) is 6.05. The molecule has 3 N–H and O–H groups in total. The van der Waals surface area contributed by atoms with Crippen LogP contribution in [0.1, 0.15) is 28.3 Å². The van der Waals surface area contributed by atoms with Crippen LogP contribution in [0.25, 0.3) is 0 Å². The Bertz CT molecular complexity index is 750. The standard InChI is InChI=1S/C19H26N4O3S/c1-25-15-9-14(10-16(11-15)26-2)21-13-4-7-23(8-5-13)19(24)17-12-27-18(22-17)3-6-20/h9-13,21H,3-8,20H2,1-2H3. The van der Waals surface area contributed by atoms with E-state index in [1.807, 2.05) is 28.5 Å². The number of ether oxygens (including phenoxy) is 2. The third-order valence-electron chi connectivity index (χ3n) is 4.63. The molecular formula is C19H26N4O3S. The van der Waals surface area contributed by atoms with E-state index in [2.05, 4.69) is 10.3 Å². The van der Waals surface area contributed by atoms with Crippen LogP contribution in [0, 0.1) is 0 Å². The number of hydrogen-bond acceptors (Lipinski definition) is 7. The summed E-state index contributed by atoms with van der Waals surface area (Å²) in [4.78, 5) is 18.9. The molecule has 0 aliphatic carbocycles. The first kappa shape index (κ1) is 19.4. The van der Waals surface area contributed by atoms with E-state index in [-0.39, 0.29) is 5.91 Å². The van der Waals surface area contributed by atoms with Crippen LogP contribution in [0.5, 0.6) is 11.5 Å². The quantitative estimate of drug-likeness (QED) is 0.754. The first-order valence-electron chi connectivity index (χ1n) is 9.06. The molecule has 1 aliphatic heterocycles. The minimum Gasteiger partial charge on any atom is -0.497 e. The minimum atomic E-state index is 0.0102. The van der Waals surface area contributed by atoms with Crippen LogP contribution < -0.4 is 20.5 Å². The highest BCUT2D eigenvalue weighted by molar-refractivity contribution is 7.09. The van der Waals surface area contributed by atoms with Crippen LogP contribution in [0.2, 0.25) is 0 Å². The van der Waals surface area contributed by atoms with Crippen molar-refractivity contribution >= 4 is 22.9 Å². The lowest BCUT2D eigenvalue weighted by Crippen LogP contribution is -2.42. The highest BCUT2D eigenvalue weighted by atomic mass is 32.1. The average Bonchev–Trinajstić information content (AvgIpc) is 3.16. The number of anilines is 1. The summed E-state index contributed by atoms with van der Waals surface area (Å²) in [7, 11) is 3.28. The van der Waals surface area contributed by atoms with Gasteiger partial charge >= 0.3 is 0 Å². The molecule has 1 saturated heterocycles. The Balaban J connectivity index is 1.56. The van der Waals surface area contributed by atoms with Crippen molar-refractivity contribution in [3.05, 3.63) is 34.3 Å². The molecule has 0 spiro atoms. The molecule has 7 nitrogen and oxygen atoms in total. The molecule has 0 saturated carbocycles. The number of methoxy groups -OCH3 is 2. The summed E-state index contributed by atoms with van der Waals surface area (Å²) in [5.41, 5.74) is 7.05. The molecule has 0 atom stereocenters. The smallest absolute Gasteiger partial charge is 0.273 e. The van der Waals surface area contributed by atoms with E-state index < -0.39 is 0 Å². The van der Waals surface area contributed by atoms with Crippen LogP contribution in [-0.4, -0.2) is 55.7 Å². The molecule has 1 aromatic heterocycles. The lowest BCUT2D eigenvalue weighted by atomic mass is 10.0. The number of likely N-dealkylation sites (tertiary alicyclic amines) is 1. The van der Waals surface area contributed by atoms with Crippen molar-refractivity contribution in [1.29, 1.82) is 0 Å². The number of nitrogens with two attached hydrogens (primary N) is 1. The summed E-state index contributed by atoms with van der Waals surface area (Å²) in [6.07, 6.45) is 2.48. The number of carbonyl (C=O) groups is 1. The van der Waals surface area contributed by atoms with Crippen molar-refractivity contribution in [3.63, 3.8) is 0 Å². The lowest BCUT2D eigenvalue weighted by Gasteiger charge is -2.32.